The molecule has 0 unspecified atom stereocenters. The lowest BCUT2D eigenvalue weighted by Crippen LogP contribution is -2.28. The first-order valence-corrected chi connectivity index (χ1v) is 19.0. The number of ether oxygens (including phenoxy) is 2. The van der Waals surface area contributed by atoms with Crippen molar-refractivity contribution in [1.29, 1.82) is 0 Å². The molecule has 46 heavy (non-hydrogen) atoms. The van der Waals surface area contributed by atoms with Crippen molar-refractivity contribution in [2.75, 3.05) is 13.2 Å². The van der Waals surface area contributed by atoms with E-state index in [1.54, 1.807) is 0 Å². The Labute approximate surface area is 282 Å². The minimum Gasteiger partial charge on any atom is -0.462 e. The predicted octanol–water partition coefficient (Wildman–Crippen LogP) is 9.45. The first-order chi connectivity index (χ1) is 22.4. The maximum absolute atomic E-state index is 12.1. The summed E-state index contributed by atoms with van der Waals surface area (Å²) in [5.74, 6) is -0.682. The molecule has 0 aromatic carbocycles. The molecular weight excluding hydrogens is 580 g/mol. The second-order valence-electron chi connectivity index (χ2n) is 13.0. The number of unbranched alkanes of at least 4 members (excludes halogenated alkanes) is 16. The monoisotopic (exact) mass is 653 g/mol. The predicted molar refractivity (Wildman–Crippen MR) is 190 cm³/mol. The maximum atomic E-state index is 12.1. The second kappa shape index (κ2) is 34.6. The van der Waals surface area contributed by atoms with Gasteiger partial charge < -0.3 is 24.8 Å². The molecule has 0 bridgehead atoms. The molecule has 3 atom stereocenters. The largest absolute Gasteiger partial charge is 0.462 e. The molecule has 270 valence electrons. The Kier molecular flexibility index (Phi) is 33.3. The van der Waals surface area contributed by atoms with Crippen LogP contribution < -0.4 is 0 Å². The number of esters is 2. The summed E-state index contributed by atoms with van der Waals surface area (Å²) in [4.78, 5) is 24.2. The minimum absolute atomic E-state index is 0.107. The molecule has 7 nitrogen and oxygen atoms in total. The molecule has 0 rings (SSSR count). The number of hydrogen-bond donors (Lipinski definition) is 3. The highest BCUT2D eigenvalue weighted by molar-refractivity contribution is 5.70. The molecule has 0 aliphatic rings. The SMILES string of the molecule is CCCCCC[C@H](O)C/C=C\CCCCCCCC(=O)O[C@@H](CO)COC(=O)CCCCCCC/C=C/C[C@@H](O)CCCCCC. The van der Waals surface area contributed by atoms with Gasteiger partial charge in [-0.05, 0) is 64.2 Å². The van der Waals surface area contributed by atoms with Gasteiger partial charge in [0.05, 0.1) is 18.8 Å². The first-order valence-electron chi connectivity index (χ1n) is 19.0. The van der Waals surface area contributed by atoms with E-state index < -0.39 is 6.10 Å². The van der Waals surface area contributed by atoms with Crippen molar-refractivity contribution in [3.05, 3.63) is 24.3 Å². The fourth-order valence-corrected chi connectivity index (χ4v) is 5.34. The first kappa shape index (κ1) is 44.3. The average molecular weight is 653 g/mol. The molecule has 3 N–H and O–H groups in total. The van der Waals surface area contributed by atoms with Crippen LogP contribution in [0.4, 0.5) is 0 Å². The summed E-state index contributed by atoms with van der Waals surface area (Å²) in [5, 5.41) is 29.5. The van der Waals surface area contributed by atoms with Crippen LogP contribution >= 0.6 is 0 Å². The molecule has 0 heterocycles. The second-order valence-corrected chi connectivity index (χ2v) is 13.0. The Morgan fingerprint density at radius 1 is 0.565 bits per heavy atom. The van der Waals surface area contributed by atoms with E-state index in [0.29, 0.717) is 12.8 Å². The van der Waals surface area contributed by atoms with Crippen LogP contribution in [-0.2, 0) is 19.1 Å². The number of aliphatic hydroxyl groups excluding tert-OH is 3. The summed E-state index contributed by atoms with van der Waals surface area (Å²) in [6.45, 7) is 3.92. The van der Waals surface area contributed by atoms with Gasteiger partial charge in [-0.1, -0.05) is 128 Å². The number of carbonyl (C=O) groups excluding carboxylic acids is 2. The van der Waals surface area contributed by atoms with Crippen LogP contribution in [0.1, 0.15) is 181 Å². The van der Waals surface area contributed by atoms with E-state index in [9.17, 15) is 24.9 Å². The normalized spacial score (nSPS) is 13.8. The molecule has 0 aromatic heterocycles. The molecule has 0 saturated heterocycles. The molecule has 0 aliphatic heterocycles. The van der Waals surface area contributed by atoms with Crippen LogP contribution in [0.15, 0.2) is 24.3 Å². The third-order valence-corrected chi connectivity index (χ3v) is 8.37. The smallest absolute Gasteiger partial charge is 0.306 e. The molecule has 0 spiro atoms. The third-order valence-electron chi connectivity index (χ3n) is 8.37. The van der Waals surface area contributed by atoms with Gasteiger partial charge in [0.15, 0.2) is 6.10 Å². The standard InChI is InChI=1S/C39H72O7/c1-3-5-7-21-27-35(41)29-23-17-13-9-11-15-19-25-31-38(43)45-34-37(33-40)46-39(44)32-26-20-16-12-10-14-18-24-30-36(42)28-22-8-6-4-2/h17-18,23-24,35-37,40-42H,3-16,19-22,25-34H2,1-2H3/b23-17+,24-18-/t35-,36-,37-/m0/s1. The lowest BCUT2D eigenvalue weighted by molar-refractivity contribution is -0.161. The minimum atomic E-state index is -0.812. The van der Waals surface area contributed by atoms with E-state index in [1.165, 1.54) is 38.5 Å². The summed E-state index contributed by atoms with van der Waals surface area (Å²) in [7, 11) is 0. The zero-order chi connectivity index (χ0) is 33.9. The highest BCUT2D eigenvalue weighted by Gasteiger charge is 2.16. The van der Waals surface area contributed by atoms with Gasteiger partial charge in [0.1, 0.15) is 6.61 Å². The topological polar surface area (TPSA) is 113 Å². The van der Waals surface area contributed by atoms with Crippen molar-refractivity contribution in [3.8, 4) is 0 Å². The van der Waals surface area contributed by atoms with Crippen molar-refractivity contribution >= 4 is 11.9 Å². The van der Waals surface area contributed by atoms with Crippen LogP contribution in [0, 0.1) is 0 Å². The van der Waals surface area contributed by atoms with Gasteiger partial charge in [-0.3, -0.25) is 9.59 Å². The van der Waals surface area contributed by atoms with E-state index in [4.69, 9.17) is 9.47 Å². The molecule has 0 saturated carbocycles. The van der Waals surface area contributed by atoms with Gasteiger partial charge in [-0.2, -0.15) is 0 Å². The van der Waals surface area contributed by atoms with E-state index in [-0.39, 0.29) is 37.4 Å². The fourth-order valence-electron chi connectivity index (χ4n) is 5.34. The van der Waals surface area contributed by atoms with Crippen LogP contribution in [0.5, 0.6) is 0 Å². The average Bonchev–Trinajstić information content (AvgIpc) is 3.05. The molecule has 7 heteroatoms. The Morgan fingerprint density at radius 2 is 1.00 bits per heavy atom. The van der Waals surface area contributed by atoms with Gasteiger partial charge >= 0.3 is 11.9 Å². The highest BCUT2D eigenvalue weighted by Crippen LogP contribution is 2.13. The molecule has 0 fully saturated rings. The Morgan fingerprint density at radius 3 is 1.48 bits per heavy atom. The van der Waals surface area contributed by atoms with Crippen LogP contribution in [0.3, 0.4) is 0 Å². The zero-order valence-electron chi connectivity index (χ0n) is 29.8. The lowest BCUT2D eigenvalue weighted by Gasteiger charge is -2.15. The Balaban J connectivity index is 3.67. The number of carbonyl (C=O) groups is 2. The van der Waals surface area contributed by atoms with Crippen molar-refractivity contribution < 1.29 is 34.4 Å². The van der Waals surface area contributed by atoms with Gasteiger partial charge in [0, 0.05) is 12.8 Å². The molecule has 0 radical (unpaired) electrons. The Bertz CT molecular complexity index is 736. The number of allylic oxidation sites excluding steroid dienone is 2. The van der Waals surface area contributed by atoms with Crippen molar-refractivity contribution in [2.45, 2.75) is 199 Å². The van der Waals surface area contributed by atoms with Crippen molar-refractivity contribution in [2.24, 2.45) is 0 Å². The van der Waals surface area contributed by atoms with Gasteiger partial charge in [-0.15, -0.1) is 0 Å². The molecule has 0 amide bonds. The summed E-state index contributed by atoms with van der Waals surface area (Å²) < 4.78 is 10.5. The van der Waals surface area contributed by atoms with Crippen molar-refractivity contribution in [1.82, 2.24) is 0 Å². The summed E-state index contributed by atoms with van der Waals surface area (Å²) in [6, 6.07) is 0. The fraction of sp³-hybridized carbons (Fsp3) is 0.846. The van der Waals surface area contributed by atoms with E-state index in [1.807, 2.05) is 0 Å². The number of aliphatic hydroxyl groups is 3. The van der Waals surface area contributed by atoms with E-state index in [0.717, 1.165) is 116 Å². The molecule has 0 aliphatic carbocycles. The number of hydrogen-bond acceptors (Lipinski definition) is 7. The van der Waals surface area contributed by atoms with E-state index >= 15 is 0 Å². The van der Waals surface area contributed by atoms with Gasteiger partial charge in [-0.25, -0.2) is 0 Å². The van der Waals surface area contributed by atoms with Crippen LogP contribution in [-0.4, -0.2) is 58.8 Å². The van der Waals surface area contributed by atoms with Gasteiger partial charge in [0.25, 0.3) is 0 Å². The third kappa shape index (κ3) is 32.2. The summed E-state index contributed by atoms with van der Waals surface area (Å²) in [5.41, 5.74) is 0. The lowest BCUT2D eigenvalue weighted by atomic mass is 10.1. The summed E-state index contributed by atoms with van der Waals surface area (Å²) in [6.07, 6.45) is 32.8. The van der Waals surface area contributed by atoms with Crippen LogP contribution in [0.2, 0.25) is 0 Å². The van der Waals surface area contributed by atoms with E-state index in [2.05, 4.69) is 38.2 Å². The van der Waals surface area contributed by atoms with Crippen LogP contribution in [0.25, 0.3) is 0 Å². The number of rotatable bonds is 34. The maximum Gasteiger partial charge on any atom is 0.306 e. The Hall–Kier alpha value is -1.70. The molecule has 0 aromatic rings. The van der Waals surface area contributed by atoms with Gasteiger partial charge in [0.2, 0.25) is 0 Å². The quantitative estimate of drug-likeness (QED) is 0.0360. The summed E-state index contributed by atoms with van der Waals surface area (Å²) >= 11 is 0. The molecular formula is C39H72O7. The zero-order valence-corrected chi connectivity index (χ0v) is 29.8. The van der Waals surface area contributed by atoms with Crippen molar-refractivity contribution in [3.63, 3.8) is 0 Å². The highest BCUT2D eigenvalue weighted by atomic mass is 16.6.